The van der Waals surface area contributed by atoms with Crippen LogP contribution in [0.1, 0.15) is 0 Å². The van der Waals surface area contributed by atoms with Gasteiger partial charge in [0.25, 0.3) is 0 Å². The lowest BCUT2D eigenvalue weighted by molar-refractivity contribution is 0.405. The molecular weight excluding hydrogens is 246 g/mol. The summed E-state index contributed by atoms with van der Waals surface area (Å²) in [5.74, 6) is -0.668. The Labute approximate surface area is 97.5 Å². The summed E-state index contributed by atoms with van der Waals surface area (Å²) in [5.41, 5.74) is 0. The van der Waals surface area contributed by atoms with Gasteiger partial charge >= 0.3 is 0 Å². The second-order valence-corrected chi connectivity index (χ2v) is 4.68. The number of hydrogen-bond acceptors (Lipinski definition) is 5. The maximum Gasteiger partial charge on any atom is 0.158 e. The van der Waals surface area contributed by atoms with Gasteiger partial charge in [-0.3, -0.25) is 0 Å². The minimum absolute atomic E-state index is 0. The van der Waals surface area contributed by atoms with Crippen molar-refractivity contribution in [2.24, 2.45) is 0 Å². The normalized spacial score (nSPS) is 11.1. The fourth-order valence-electron chi connectivity index (χ4n) is 1.41. The van der Waals surface area contributed by atoms with E-state index in [-0.39, 0.29) is 22.5 Å². The molecule has 0 heterocycles. The van der Waals surface area contributed by atoms with Crippen molar-refractivity contribution < 1.29 is 23.2 Å². The molecule has 0 aromatic heterocycles. The second kappa shape index (κ2) is 4.21. The molecule has 0 saturated heterocycles. The van der Waals surface area contributed by atoms with Crippen LogP contribution in [0.25, 0.3) is 10.8 Å². The topological polar surface area (TPSA) is 134 Å². The van der Waals surface area contributed by atoms with Crippen LogP contribution in [-0.4, -0.2) is 23.2 Å². The Morgan fingerprint density at radius 2 is 1.47 bits per heavy atom. The molecule has 6 N–H and O–H groups in total. The molecule has 0 aliphatic rings. The van der Waals surface area contributed by atoms with Gasteiger partial charge in [0.2, 0.25) is 0 Å². The number of benzene rings is 2. The molecule has 2 rings (SSSR count). The summed E-state index contributed by atoms with van der Waals surface area (Å²) in [5, 5.41) is 19.3. The molecule has 7 heteroatoms. The van der Waals surface area contributed by atoms with Crippen LogP contribution in [0.5, 0.6) is 11.5 Å². The zero-order valence-electron chi connectivity index (χ0n) is 8.91. The molecule has 0 atom stereocenters. The van der Waals surface area contributed by atoms with Crippen LogP contribution >= 0.6 is 0 Å². The SMILES string of the molecule is O=S(=O)([O-])c1ccc2cc(O)c(O)cc2c1.[NH4+]. The molecular formula is C10H11NO5S. The first-order valence-corrected chi connectivity index (χ1v) is 5.70. The molecule has 6 nitrogen and oxygen atoms in total. The Morgan fingerprint density at radius 3 is 2.00 bits per heavy atom. The van der Waals surface area contributed by atoms with Gasteiger partial charge in [-0.05, 0) is 35.0 Å². The largest absolute Gasteiger partial charge is 0.744 e. The zero-order valence-corrected chi connectivity index (χ0v) is 9.73. The first-order valence-electron chi connectivity index (χ1n) is 4.29. The van der Waals surface area contributed by atoms with Crippen molar-refractivity contribution in [3.8, 4) is 11.5 Å². The van der Waals surface area contributed by atoms with Gasteiger partial charge in [-0.2, -0.15) is 0 Å². The number of rotatable bonds is 1. The lowest BCUT2D eigenvalue weighted by Gasteiger charge is -2.08. The van der Waals surface area contributed by atoms with E-state index in [4.69, 9.17) is 0 Å². The maximum absolute atomic E-state index is 10.8. The average molecular weight is 257 g/mol. The molecule has 0 spiro atoms. The highest BCUT2D eigenvalue weighted by Gasteiger charge is 2.06. The summed E-state index contributed by atoms with van der Waals surface area (Å²) in [6.45, 7) is 0. The van der Waals surface area contributed by atoms with Gasteiger partial charge in [-0.25, -0.2) is 8.42 Å². The van der Waals surface area contributed by atoms with Crippen molar-refractivity contribution in [1.82, 2.24) is 6.15 Å². The predicted octanol–water partition coefficient (Wildman–Crippen LogP) is 1.53. The first kappa shape index (κ1) is 13.2. The number of phenolic OH excluding ortho intramolecular Hbond substituents is 2. The molecule has 0 aliphatic heterocycles. The van der Waals surface area contributed by atoms with E-state index in [9.17, 15) is 23.2 Å². The molecule has 0 saturated carbocycles. The molecule has 17 heavy (non-hydrogen) atoms. The summed E-state index contributed by atoms with van der Waals surface area (Å²) in [7, 11) is -4.51. The first-order chi connectivity index (χ1) is 7.38. The molecule has 2 aromatic rings. The number of phenols is 2. The van der Waals surface area contributed by atoms with Crippen molar-refractivity contribution in [3.63, 3.8) is 0 Å². The third-order valence-electron chi connectivity index (χ3n) is 2.19. The molecule has 0 bridgehead atoms. The predicted molar refractivity (Wildman–Crippen MR) is 61.2 cm³/mol. The van der Waals surface area contributed by atoms with Crippen molar-refractivity contribution in [1.29, 1.82) is 0 Å². The second-order valence-electron chi connectivity index (χ2n) is 3.30. The lowest BCUT2D eigenvalue weighted by atomic mass is 10.1. The Hall–Kier alpha value is -1.83. The zero-order chi connectivity index (χ0) is 11.9. The molecule has 0 unspecified atom stereocenters. The third kappa shape index (κ3) is 2.47. The monoisotopic (exact) mass is 257 g/mol. The van der Waals surface area contributed by atoms with Crippen LogP contribution in [0.15, 0.2) is 35.2 Å². The highest BCUT2D eigenvalue weighted by molar-refractivity contribution is 7.85. The van der Waals surface area contributed by atoms with Gasteiger partial charge in [0.15, 0.2) is 11.5 Å². The molecule has 0 amide bonds. The van der Waals surface area contributed by atoms with E-state index < -0.39 is 10.1 Å². The Bertz CT molecular complexity index is 666. The highest BCUT2D eigenvalue weighted by Crippen LogP contribution is 2.31. The molecule has 92 valence electrons. The van der Waals surface area contributed by atoms with Gasteiger partial charge in [0, 0.05) is 0 Å². The van der Waals surface area contributed by atoms with E-state index in [1.807, 2.05) is 0 Å². The molecule has 0 radical (unpaired) electrons. The average Bonchev–Trinajstić information content (AvgIpc) is 2.17. The van der Waals surface area contributed by atoms with Crippen molar-refractivity contribution >= 4 is 20.9 Å². The van der Waals surface area contributed by atoms with Crippen LogP contribution in [0.4, 0.5) is 0 Å². The van der Waals surface area contributed by atoms with Crippen molar-refractivity contribution in [3.05, 3.63) is 30.3 Å². The highest BCUT2D eigenvalue weighted by atomic mass is 32.2. The van der Waals surface area contributed by atoms with Gasteiger partial charge in [-0.1, -0.05) is 6.07 Å². The summed E-state index contributed by atoms with van der Waals surface area (Å²) in [6, 6.07) is 6.17. The van der Waals surface area contributed by atoms with Crippen LogP contribution in [-0.2, 0) is 10.1 Å². The van der Waals surface area contributed by atoms with E-state index in [0.717, 1.165) is 12.1 Å². The fourth-order valence-corrected chi connectivity index (χ4v) is 1.91. The van der Waals surface area contributed by atoms with Gasteiger partial charge in [-0.15, -0.1) is 0 Å². The van der Waals surface area contributed by atoms with Crippen LogP contribution in [0, 0.1) is 0 Å². The number of quaternary nitrogens is 1. The van der Waals surface area contributed by atoms with E-state index in [1.165, 1.54) is 18.2 Å². The van der Waals surface area contributed by atoms with Crippen LogP contribution < -0.4 is 6.15 Å². The third-order valence-corrected chi connectivity index (χ3v) is 3.03. The van der Waals surface area contributed by atoms with E-state index in [0.29, 0.717) is 10.8 Å². The van der Waals surface area contributed by atoms with Crippen molar-refractivity contribution in [2.45, 2.75) is 4.90 Å². The van der Waals surface area contributed by atoms with Crippen molar-refractivity contribution in [2.75, 3.05) is 0 Å². The quantitative estimate of drug-likeness (QED) is 0.526. The Morgan fingerprint density at radius 1 is 0.941 bits per heavy atom. The summed E-state index contributed by atoms with van der Waals surface area (Å²) < 4.78 is 32.3. The Kier molecular flexibility index (Phi) is 3.28. The van der Waals surface area contributed by atoms with E-state index in [1.54, 1.807) is 0 Å². The molecule has 0 aliphatic carbocycles. The minimum Gasteiger partial charge on any atom is -0.744 e. The smallest absolute Gasteiger partial charge is 0.158 e. The number of aromatic hydroxyl groups is 2. The molecule has 2 aromatic carbocycles. The van der Waals surface area contributed by atoms with Crippen LogP contribution in [0.3, 0.4) is 0 Å². The number of hydrogen-bond donors (Lipinski definition) is 3. The van der Waals surface area contributed by atoms with Crippen LogP contribution in [0.2, 0.25) is 0 Å². The standard InChI is InChI=1S/C10H8O5S.H3N/c11-9-4-6-1-2-8(16(13,14)15)3-7(6)5-10(9)12;/h1-5,11-12H,(H,13,14,15);1H3. The Balaban J connectivity index is 0.00000144. The van der Waals surface area contributed by atoms with E-state index in [2.05, 4.69) is 0 Å². The lowest BCUT2D eigenvalue weighted by Crippen LogP contribution is -1.97. The fraction of sp³-hybridized carbons (Fsp3) is 0. The summed E-state index contributed by atoms with van der Waals surface area (Å²) in [6.07, 6.45) is 0. The maximum atomic E-state index is 10.8. The van der Waals surface area contributed by atoms with Gasteiger partial charge in [0.05, 0.1) is 4.90 Å². The molecule has 0 fully saturated rings. The number of fused-ring (bicyclic) bond motifs is 1. The summed E-state index contributed by atoms with van der Waals surface area (Å²) >= 11 is 0. The minimum atomic E-state index is -4.51. The van der Waals surface area contributed by atoms with Gasteiger partial charge in [0.1, 0.15) is 10.1 Å². The van der Waals surface area contributed by atoms with Gasteiger partial charge < -0.3 is 20.9 Å². The summed E-state index contributed by atoms with van der Waals surface area (Å²) in [4.78, 5) is -0.370. The van der Waals surface area contributed by atoms with E-state index >= 15 is 0 Å².